The normalized spacial score (nSPS) is 12.4. The lowest BCUT2D eigenvalue weighted by molar-refractivity contribution is 1.08. The molecular weight excluding hydrogens is 671 g/mol. The van der Waals surface area contributed by atoms with Gasteiger partial charge in [0.05, 0.1) is 44.1 Å². The Balaban J connectivity index is 1.14. The van der Waals surface area contributed by atoms with Crippen molar-refractivity contribution >= 4 is 76.5 Å². The fourth-order valence-electron chi connectivity index (χ4n) is 9.45. The van der Waals surface area contributed by atoms with E-state index in [9.17, 15) is 0 Å². The zero-order valence-electron chi connectivity index (χ0n) is 29.5. The van der Waals surface area contributed by atoms with Crippen molar-refractivity contribution in [3.63, 3.8) is 0 Å². The molecule has 0 aliphatic carbocycles. The molecule has 8 aromatic carbocycles. The molecule has 5 nitrogen and oxygen atoms in total. The first kappa shape index (κ1) is 29.0. The van der Waals surface area contributed by atoms with Crippen molar-refractivity contribution in [2.45, 2.75) is 0 Å². The van der Waals surface area contributed by atoms with Crippen LogP contribution in [0.5, 0.6) is 0 Å². The molecule has 0 bridgehead atoms. The Morgan fingerprint density at radius 2 is 0.873 bits per heavy atom. The molecule has 0 radical (unpaired) electrons. The molecule has 0 unspecified atom stereocenters. The summed E-state index contributed by atoms with van der Waals surface area (Å²) in [6.07, 6.45) is 0. The van der Waals surface area contributed by atoms with Gasteiger partial charge in [0.2, 0.25) is 0 Å². The van der Waals surface area contributed by atoms with Gasteiger partial charge in [-0.25, -0.2) is 9.97 Å². The summed E-state index contributed by atoms with van der Waals surface area (Å²) in [6.45, 7) is 0. The Hall–Kier alpha value is -7.50. The van der Waals surface area contributed by atoms with Gasteiger partial charge < -0.3 is 9.13 Å². The molecule has 0 spiro atoms. The summed E-state index contributed by atoms with van der Waals surface area (Å²) in [7, 11) is 0. The Morgan fingerprint density at radius 3 is 1.64 bits per heavy atom. The predicted molar refractivity (Wildman–Crippen MR) is 227 cm³/mol. The van der Waals surface area contributed by atoms with Crippen LogP contribution in [0, 0.1) is 0 Å². The molecule has 0 N–H and O–H groups in total. The number of hydrogen-bond donors (Lipinski definition) is 0. The molecule has 0 amide bonds. The second-order valence-corrected chi connectivity index (χ2v) is 14.6. The number of nitrogens with zero attached hydrogens (tertiary/aromatic N) is 5. The fraction of sp³-hybridized carbons (Fsp3) is 0. The second kappa shape index (κ2) is 10.6. The van der Waals surface area contributed by atoms with Crippen LogP contribution in [0.2, 0.25) is 0 Å². The van der Waals surface area contributed by atoms with Crippen LogP contribution >= 0.6 is 0 Å². The maximum Gasteiger partial charge on any atom is 0.165 e. The molecule has 0 saturated carbocycles. The number of benzene rings is 8. The molecule has 1 aliphatic rings. The van der Waals surface area contributed by atoms with Crippen LogP contribution in [0.1, 0.15) is 0 Å². The van der Waals surface area contributed by atoms with E-state index in [1.807, 2.05) is 12.1 Å². The Labute approximate surface area is 314 Å². The molecule has 5 heteroatoms. The van der Waals surface area contributed by atoms with E-state index < -0.39 is 0 Å². The lowest BCUT2D eigenvalue weighted by atomic mass is 9.96. The smallest absolute Gasteiger partial charge is 0.165 e. The molecule has 0 atom stereocenters. The van der Waals surface area contributed by atoms with Crippen LogP contribution in [0.4, 0.5) is 0 Å². The van der Waals surface area contributed by atoms with E-state index in [-0.39, 0.29) is 0 Å². The van der Waals surface area contributed by atoms with Crippen molar-refractivity contribution in [2.75, 3.05) is 0 Å². The van der Waals surface area contributed by atoms with Crippen LogP contribution in [-0.4, -0.2) is 23.7 Å². The van der Waals surface area contributed by atoms with Gasteiger partial charge in [0.25, 0.3) is 0 Å². The Bertz CT molecular complexity index is 3600. The van der Waals surface area contributed by atoms with Crippen LogP contribution in [0.25, 0.3) is 116 Å². The van der Waals surface area contributed by atoms with Crippen LogP contribution < -0.4 is 0 Å². The number of para-hydroxylation sites is 6. The van der Waals surface area contributed by atoms with Gasteiger partial charge in [-0.05, 0) is 72.3 Å². The lowest BCUT2D eigenvalue weighted by Crippen LogP contribution is -2.02. The topological polar surface area (TPSA) is 40.6 Å². The highest BCUT2D eigenvalue weighted by molar-refractivity contribution is 6.20. The number of fused-ring (bicyclic) bond motifs is 15. The monoisotopic (exact) mass is 699 g/mol. The van der Waals surface area contributed by atoms with Crippen molar-refractivity contribution in [3.8, 4) is 39.6 Å². The maximum atomic E-state index is 5.35. The van der Waals surface area contributed by atoms with Crippen molar-refractivity contribution in [2.24, 2.45) is 0 Å². The molecular formula is C50H29N5. The molecule has 1 aliphatic heterocycles. The van der Waals surface area contributed by atoms with E-state index in [2.05, 4.69) is 177 Å². The fourth-order valence-corrected chi connectivity index (χ4v) is 9.45. The minimum Gasteiger partial charge on any atom is -0.309 e. The average molecular weight is 700 g/mol. The summed E-state index contributed by atoms with van der Waals surface area (Å²) in [5.74, 6) is 0.858. The van der Waals surface area contributed by atoms with E-state index in [1.54, 1.807) is 0 Å². The van der Waals surface area contributed by atoms with E-state index in [1.165, 1.54) is 65.5 Å². The molecule has 5 heterocycles. The van der Waals surface area contributed by atoms with Gasteiger partial charge in [0.1, 0.15) is 5.69 Å². The molecule has 4 aromatic heterocycles. The molecule has 12 aromatic rings. The first-order valence-corrected chi connectivity index (χ1v) is 18.8. The van der Waals surface area contributed by atoms with E-state index in [0.29, 0.717) is 0 Å². The highest BCUT2D eigenvalue weighted by atomic mass is 15.1. The zero-order chi connectivity index (χ0) is 35.8. The summed E-state index contributed by atoms with van der Waals surface area (Å²) in [6, 6.07) is 63.5. The van der Waals surface area contributed by atoms with Crippen LogP contribution in [0.15, 0.2) is 176 Å². The number of rotatable bonds is 2. The third kappa shape index (κ3) is 3.81. The Kier molecular flexibility index (Phi) is 5.57. The summed E-state index contributed by atoms with van der Waals surface area (Å²) in [4.78, 5) is 10.6. The molecule has 13 rings (SSSR count). The molecule has 55 heavy (non-hydrogen) atoms. The highest BCUT2D eigenvalue weighted by Crippen LogP contribution is 2.47. The van der Waals surface area contributed by atoms with Gasteiger partial charge in [-0.3, -0.25) is 4.57 Å². The number of aromatic nitrogens is 5. The van der Waals surface area contributed by atoms with E-state index in [4.69, 9.17) is 9.97 Å². The first-order valence-electron chi connectivity index (χ1n) is 18.8. The first-order chi connectivity index (χ1) is 27.3. The standard InChI is InChI=1S/C50H29N5/c1-2-13-30(14-3-1)53-43-23-10-6-16-33(43)39-28-40-34-17-7-11-24-44(34)54(47(40)29-46(39)53)31-25-26-45-38(27-31)37-20-12-19-36-32-15-4-5-18-35(32)48-50(55(45)49(36)37)52-42-22-9-8-21-41(42)51-48/h1-29H. The molecule has 0 saturated heterocycles. The molecule has 254 valence electrons. The van der Waals surface area contributed by atoms with Gasteiger partial charge in [0, 0.05) is 54.8 Å². The van der Waals surface area contributed by atoms with Crippen LogP contribution in [-0.2, 0) is 0 Å². The van der Waals surface area contributed by atoms with Crippen molar-refractivity contribution < 1.29 is 0 Å². The molecule has 0 fully saturated rings. The second-order valence-electron chi connectivity index (χ2n) is 14.6. The van der Waals surface area contributed by atoms with Gasteiger partial charge in [0.15, 0.2) is 5.82 Å². The van der Waals surface area contributed by atoms with Gasteiger partial charge in [-0.15, -0.1) is 0 Å². The minimum absolute atomic E-state index is 0.858. The van der Waals surface area contributed by atoms with Gasteiger partial charge in [-0.2, -0.15) is 0 Å². The quantitative estimate of drug-likeness (QED) is 0.180. The number of hydrogen-bond acceptors (Lipinski definition) is 2. The van der Waals surface area contributed by atoms with Crippen molar-refractivity contribution in [1.82, 2.24) is 23.7 Å². The third-order valence-electron chi connectivity index (χ3n) is 11.7. The lowest BCUT2D eigenvalue weighted by Gasteiger charge is -2.13. The summed E-state index contributed by atoms with van der Waals surface area (Å²) < 4.78 is 7.21. The predicted octanol–water partition coefficient (Wildman–Crippen LogP) is 12.6. The minimum atomic E-state index is 0.858. The van der Waals surface area contributed by atoms with E-state index in [0.717, 1.165) is 50.5 Å². The van der Waals surface area contributed by atoms with Crippen LogP contribution in [0.3, 0.4) is 0 Å². The summed E-state index contributed by atoms with van der Waals surface area (Å²) >= 11 is 0. The average Bonchev–Trinajstić information content (AvgIpc) is 3.84. The van der Waals surface area contributed by atoms with Gasteiger partial charge >= 0.3 is 0 Å². The third-order valence-corrected chi connectivity index (χ3v) is 11.7. The van der Waals surface area contributed by atoms with Crippen molar-refractivity contribution in [1.29, 1.82) is 0 Å². The maximum absolute atomic E-state index is 5.35. The van der Waals surface area contributed by atoms with Crippen molar-refractivity contribution in [3.05, 3.63) is 176 Å². The largest absolute Gasteiger partial charge is 0.309 e. The zero-order valence-corrected chi connectivity index (χ0v) is 29.5. The summed E-state index contributed by atoms with van der Waals surface area (Å²) in [5.41, 5.74) is 15.4. The van der Waals surface area contributed by atoms with E-state index >= 15 is 0 Å². The Morgan fingerprint density at radius 1 is 0.309 bits per heavy atom. The van der Waals surface area contributed by atoms with Gasteiger partial charge in [-0.1, -0.05) is 109 Å². The summed E-state index contributed by atoms with van der Waals surface area (Å²) in [5, 5.41) is 7.36. The SMILES string of the molecule is c1ccc(-n2c3ccccc3c3cc4c5ccccc5n(-c5ccc6c(c5)c5cccc7c5n6-c5nc6ccccc6nc5-c5ccccc5-7)c4cc32)cc1. The highest BCUT2D eigenvalue weighted by Gasteiger charge is 2.27.